The molecule has 10 N–H and O–H groups in total. The van der Waals surface area contributed by atoms with Gasteiger partial charge in [0.05, 0.1) is 11.6 Å². The number of anilines is 2. The number of nitriles is 1. The summed E-state index contributed by atoms with van der Waals surface area (Å²) < 4.78 is 0. The van der Waals surface area contributed by atoms with Gasteiger partial charge in [-0.05, 0) is 140 Å². The summed E-state index contributed by atoms with van der Waals surface area (Å²) in [5.74, 6) is 1.13. The number of aliphatic imine (C=N–C) groups is 3. The first-order valence-electron chi connectivity index (χ1n) is 29.7. The van der Waals surface area contributed by atoms with Crippen molar-refractivity contribution >= 4 is 59.0 Å². The number of nitrogens with zero attached hydrogens (tertiary/aromatic N) is 7. The van der Waals surface area contributed by atoms with E-state index >= 15 is 0 Å². The molecular weight excluding hydrogens is 1090 g/mol. The molecule has 87 heavy (non-hydrogen) atoms. The van der Waals surface area contributed by atoms with Crippen molar-refractivity contribution in [2.45, 2.75) is 113 Å². The van der Waals surface area contributed by atoms with Crippen LogP contribution in [0.25, 0.3) is 11.1 Å². The van der Waals surface area contributed by atoms with Gasteiger partial charge in [0.1, 0.15) is 11.1 Å². The minimum atomic E-state index is -1.22. The second-order valence-electron chi connectivity index (χ2n) is 23.4. The average molecular weight is 1170 g/mol. The van der Waals surface area contributed by atoms with Gasteiger partial charge < -0.3 is 38.5 Å². The van der Waals surface area contributed by atoms with Crippen molar-refractivity contribution in [2.24, 2.45) is 44.0 Å². The molecule has 3 aliphatic heterocycles. The average Bonchev–Trinajstić information content (AvgIpc) is 1.92. The van der Waals surface area contributed by atoms with Crippen LogP contribution in [0.5, 0.6) is 0 Å². The van der Waals surface area contributed by atoms with Crippen LogP contribution >= 0.6 is 0 Å². The zero-order valence-electron chi connectivity index (χ0n) is 49.9. The molecule has 450 valence electrons. The fourth-order valence-corrected chi connectivity index (χ4v) is 12.7. The Bertz CT molecular complexity index is 3560. The first-order valence-corrected chi connectivity index (χ1v) is 29.7. The topological polar surface area (TPSA) is 282 Å². The van der Waals surface area contributed by atoms with Crippen LogP contribution in [0.1, 0.15) is 99.8 Å². The lowest BCUT2D eigenvalue weighted by Gasteiger charge is -2.34. The van der Waals surface area contributed by atoms with Gasteiger partial charge in [0, 0.05) is 44.6 Å². The Balaban J connectivity index is 0.000000157. The van der Waals surface area contributed by atoms with Gasteiger partial charge in [-0.3, -0.25) is 29.1 Å². The molecule has 5 aliphatic rings. The number of carbonyl (C=O) groups excluding carboxylic acids is 5. The van der Waals surface area contributed by atoms with Crippen molar-refractivity contribution < 1.29 is 24.0 Å². The van der Waals surface area contributed by atoms with Crippen LogP contribution in [0, 0.1) is 23.2 Å². The van der Waals surface area contributed by atoms with E-state index in [2.05, 4.69) is 49.5 Å². The lowest BCUT2D eigenvalue weighted by molar-refractivity contribution is -0.131. The largest absolute Gasteiger partial charge is 0.369 e. The minimum Gasteiger partial charge on any atom is -0.369 e. The second kappa shape index (κ2) is 27.5. The number of nitrogens with two attached hydrogens (primary N) is 3. The van der Waals surface area contributed by atoms with E-state index in [1.54, 1.807) is 27.2 Å². The predicted molar refractivity (Wildman–Crippen MR) is 341 cm³/mol. The third kappa shape index (κ3) is 14.6. The normalized spacial score (nSPS) is 24.0. The van der Waals surface area contributed by atoms with E-state index < -0.39 is 16.6 Å². The molecule has 11 rings (SSSR count). The Kier molecular flexibility index (Phi) is 19.5. The first-order chi connectivity index (χ1) is 41.9. The van der Waals surface area contributed by atoms with Crippen LogP contribution < -0.4 is 38.5 Å². The monoisotopic (exact) mass is 1170 g/mol. The lowest BCUT2D eigenvalue weighted by atomic mass is 9.75. The number of rotatable bonds is 14. The third-order valence-electron chi connectivity index (χ3n) is 17.2. The van der Waals surface area contributed by atoms with E-state index in [0.717, 1.165) is 91.4 Å². The second-order valence-corrected chi connectivity index (χ2v) is 23.4. The van der Waals surface area contributed by atoms with Gasteiger partial charge >= 0.3 is 12.1 Å². The molecule has 7 atom stereocenters. The number of para-hydroxylation sites is 2. The van der Waals surface area contributed by atoms with E-state index in [1.807, 2.05) is 159 Å². The molecule has 7 amide bonds. The number of hydrogen-bond acceptors (Lipinski definition) is 12. The number of nitrogens with one attached hydrogen (secondary N) is 4. The molecule has 0 aromatic heterocycles. The van der Waals surface area contributed by atoms with Crippen molar-refractivity contribution in [1.29, 1.82) is 5.26 Å². The molecule has 0 spiro atoms. The SMILES string of the molecule is CN1C(=O)C(c2ccccc2)(c2cccc(-c3cccc(C#N)c3)c2)N=C1N.CN1C(=O)[C@@](C)(C[C@H]2CCC[C@@H](NC(=O)Nc3ccccc3)C2)N=C1N.CN1C(=O)[C@@](CCc2ccccc2)(C[C@H]2CCC[C@@H](NC(=O)Nc3ccccc3)C2)N=C1N. The first kappa shape index (κ1) is 61.7. The molecule has 3 heterocycles. The molecule has 19 nitrogen and oxygen atoms in total. The van der Waals surface area contributed by atoms with E-state index in [4.69, 9.17) is 22.2 Å². The Labute approximate surface area is 509 Å². The highest BCUT2D eigenvalue weighted by atomic mass is 16.2. The van der Waals surface area contributed by atoms with Gasteiger partial charge in [0.2, 0.25) is 0 Å². The van der Waals surface area contributed by atoms with Gasteiger partial charge in [-0.15, -0.1) is 0 Å². The molecule has 1 unspecified atom stereocenters. The Morgan fingerprint density at radius 2 is 1.02 bits per heavy atom. The van der Waals surface area contributed by atoms with Crippen LogP contribution in [-0.2, 0) is 26.3 Å². The highest BCUT2D eigenvalue weighted by Crippen LogP contribution is 2.42. The lowest BCUT2D eigenvalue weighted by Crippen LogP contribution is -2.45. The summed E-state index contributed by atoms with van der Waals surface area (Å²) in [5.41, 5.74) is 21.7. The summed E-state index contributed by atoms with van der Waals surface area (Å²) in [6, 6.07) is 55.5. The van der Waals surface area contributed by atoms with Gasteiger partial charge in [-0.1, -0.05) is 153 Å². The molecule has 2 saturated carbocycles. The number of guanidine groups is 3. The quantitative estimate of drug-likeness (QED) is 0.0546. The summed E-state index contributed by atoms with van der Waals surface area (Å²) >= 11 is 0. The minimum absolute atomic E-state index is 0.0205. The highest BCUT2D eigenvalue weighted by molar-refractivity contribution is 6.09. The number of carbonyl (C=O) groups is 5. The summed E-state index contributed by atoms with van der Waals surface area (Å²) in [6.07, 6.45) is 10.4. The smallest absolute Gasteiger partial charge is 0.319 e. The molecule has 2 fully saturated rings. The maximum atomic E-state index is 13.3. The standard InChI is InChI=1S/C26H33N5O2.C23H18N4O.C19H27N5O2/c1-31-23(32)26(30-24(31)27,16-15-19-9-4-2-5-10-19)18-20-11-8-14-22(17-20)29-25(33)28-21-12-6-3-7-13-21;1-27-21(28)23(26-22(27)25,19-10-3-2-4-11-19)20-12-6-9-18(14-20)17-8-5-7-16(13-17)15-24;1-19(16(25)24(2)17(20)23-19)12-13-7-6-10-15(11-13)22-18(26)21-14-8-4-3-5-9-14/h2-7,9-10,12-13,20,22H,8,11,14-18H2,1H3,(H2,27,30)(H2,28,29,33);2-14H,1H3,(H2,25,26);3-5,8-9,13,15H,6-7,10-12H2,1-2H3,(H2,20,23)(H2,21,22,26)/t20-,22+,26+;;13-,15+,19+/m0.0/s1. The zero-order chi connectivity index (χ0) is 61.7. The number of amides is 7. The molecule has 0 bridgehead atoms. The zero-order valence-corrected chi connectivity index (χ0v) is 49.9. The Morgan fingerprint density at radius 3 is 1.53 bits per heavy atom. The summed E-state index contributed by atoms with van der Waals surface area (Å²) in [5, 5.41) is 21.1. The van der Waals surface area contributed by atoms with Crippen LogP contribution in [-0.4, -0.2) is 107 Å². The number of likely N-dealkylation sites (N-methyl/N-ethyl adjacent to an activating group) is 3. The molecule has 0 radical (unpaired) electrons. The molecular formula is C68H78N14O5. The van der Waals surface area contributed by atoms with Crippen LogP contribution in [0.15, 0.2) is 185 Å². The van der Waals surface area contributed by atoms with E-state index in [-0.39, 0.29) is 53.8 Å². The van der Waals surface area contributed by atoms with Crippen molar-refractivity contribution in [3.05, 3.63) is 192 Å². The molecule has 2 aliphatic carbocycles. The molecule has 19 heteroatoms. The molecule has 0 saturated heterocycles. The highest BCUT2D eigenvalue weighted by Gasteiger charge is 2.50. The van der Waals surface area contributed by atoms with Crippen molar-refractivity contribution in [2.75, 3.05) is 31.8 Å². The van der Waals surface area contributed by atoms with Crippen molar-refractivity contribution in [3.8, 4) is 17.2 Å². The van der Waals surface area contributed by atoms with E-state index in [9.17, 15) is 29.2 Å². The maximum Gasteiger partial charge on any atom is 0.319 e. The number of urea groups is 2. The van der Waals surface area contributed by atoms with Crippen LogP contribution in [0.2, 0.25) is 0 Å². The van der Waals surface area contributed by atoms with Gasteiger partial charge in [-0.25, -0.2) is 24.6 Å². The number of benzene rings is 6. The van der Waals surface area contributed by atoms with Crippen LogP contribution in [0.4, 0.5) is 21.0 Å². The predicted octanol–water partition coefficient (Wildman–Crippen LogP) is 9.47. The maximum absolute atomic E-state index is 13.3. The summed E-state index contributed by atoms with van der Waals surface area (Å²) in [6.45, 7) is 1.85. The number of hydrogen-bond donors (Lipinski definition) is 7. The number of aryl methyl sites for hydroxylation is 1. The van der Waals surface area contributed by atoms with Gasteiger partial charge in [0.15, 0.2) is 23.4 Å². The fraction of sp³-hybridized carbons (Fsp3) is 0.338. The summed E-state index contributed by atoms with van der Waals surface area (Å²) in [4.78, 5) is 81.6. The van der Waals surface area contributed by atoms with Crippen molar-refractivity contribution in [3.63, 3.8) is 0 Å². The Morgan fingerprint density at radius 1 is 0.552 bits per heavy atom. The fourth-order valence-electron chi connectivity index (χ4n) is 12.7. The molecule has 6 aromatic carbocycles. The Hall–Kier alpha value is -9.83. The van der Waals surface area contributed by atoms with E-state index in [1.165, 1.54) is 20.3 Å². The molecule has 6 aromatic rings. The van der Waals surface area contributed by atoms with Gasteiger partial charge in [0.25, 0.3) is 17.7 Å². The van der Waals surface area contributed by atoms with Crippen LogP contribution in [0.3, 0.4) is 0 Å². The van der Waals surface area contributed by atoms with Gasteiger partial charge in [-0.2, -0.15) is 5.26 Å². The van der Waals surface area contributed by atoms with Crippen molar-refractivity contribution in [1.82, 2.24) is 25.3 Å². The summed E-state index contributed by atoms with van der Waals surface area (Å²) in [7, 11) is 4.99. The third-order valence-corrected chi connectivity index (χ3v) is 17.2. The van der Waals surface area contributed by atoms with E-state index in [0.29, 0.717) is 42.6 Å².